The maximum atomic E-state index is 12.8. The summed E-state index contributed by atoms with van der Waals surface area (Å²) in [6, 6.07) is 64.0. The molecule has 1 fully saturated rings. The van der Waals surface area contributed by atoms with E-state index in [4.69, 9.17) is 4.74 Å². The molecule has 0 spiro atoms. The van der Waals surface area contributed by atoms with Gasteiger partial charge in [0.15, 0.2) is 0 Å². The van der Waals surface area contributed by atoms with Crippen LogP contribution < -0.4 is 14.5 Å². The van der Waals surface area contributed by atoms with E-state index < -0.39 is 0 Å². The van der Waals surface area contributed by atoms with Crippen molar-refractivity contribution < 1.29 is 9.84 Å². The molecule has 0 bridgehead atoms. The number of phenols is 1. The van der Waals surface area contributed by atoms with Crippen LogP contribution in [0.4, 0.5) is 28.4 Å². The second kappa shape index (κ2) is 17.4. The zero-order valence-corrected chi connectivity index (χ0v) is 43.5. The number of allylic oxidation sites excluding steroid dienone is 4. The van der Waals surface area contributed by atoms with Crippen LogP contribution in [0.15, 0.2) is 211 Å². The predicted molar refractivity (Wildman–Crippen MR) is 313 cm³/mol. The van der Waals surface area contributed by atoms with Gasteiger partial charge in [-0.1, -0.05) is 171 Å². The number of nitrogens with zero attached hydrogens (tertiary/aromatic N) is 2. The number of phenolic OH excluding ortho intramolecular Hbond substituents is 1. The van der Waals surface area contributed by atoms with E-state index in [0.717, 1.165) is 73.8 Å². The third-order valence-electron chi connectivity index (χ3n) is 17.5. The van der Waals surface area contributed by atoms with E-state index in [-0.39, 0.29) is 23.7 Å². The number of fused-ring (bicyclic) bond motifs is 4. The lowest BCUT2D eigenvalue weighted by Gasteiger charge is -2.33. The molecule has 1 N–H and O–H groups in total. The summed E-state index contributed by atoms with van der Waals surface area (Å²) in [5.74, 6) is 3.34. The van der Waals surface area contributed by atoms with Crippen molar-refractivity contribution in [3.05, 3.63) is 245 Å². The van der Waals surface area contributed by atoms with Gasteiger partial charge in [0, 0.05) is 45.1 Å². The number of aryl methyl sites for hydroxylation is 4. The molecule has 4 aliphatic rings. The van der Waals surface area contributed by atoms with Gasteiger partial charge in [0.25, 0.3) is 0 Å². The maximum absolute atomic E-state index is 12.8. The van der Waals surface area contributed by atoms with Crippen LogP contribution >= 0.6 is 0 Å². The Morgan fingerprint density at radius 3 is 1.89 bits per heavy atom. The van der Waals surface area contributed by atoms with Gasteiger partial charge in [-0.15, -0.1) is 0 Å². The van der Waals surface area contributed by atoms with Gasteiger partial charge in [0.05, 0.1) is 22.7 Å². The zero-order valence-electron chi connectivity index (χ0n) is 43.5. The van der Waals surface area contributed by atoms with Gasteiger partial charge in [-0.2, -0.15) is 0 Å². The number of hydrogen-bond acceptors (Lipinski definition) is 4. The number of anilines is 5. The van der Waals surface area contributed by atoms with Crippen LogP contribution in [0.3, 0.4) is 0 Å². The number of hydrogen-bond donors (Lipinski definition) is 1. The molecule has 366 valence electrons. The topological polar surface area (TPSA) is 35.9 Å². The minimum atomic E-state index is 0.00233. The number of benzene rings is 10. The van der Waals surface area contributed by atoms with Crippen molar-refractivity contribution in [2.24, 2.45) is 17.8 Å². The van der Waals surface area contributed by atoms with Gasteiger partial charge in [-0.25, -0.2) is 0 Å². The molecule has 0 saturated heterocycles. The largest absolute Gasteiger partial charge is 0.505 e. The first kappa shape index (κ1) is 45.3. The average Bonchev–Trinajstić information content (AvgIpc) is 3.89. The van der Waals surface area contributed by atoms with Crippen molar-refractivity contribution in [2.45, 2.75) is 65.9 Å². The molecule has 1 heterocycles. The molecule has 10 aromatic rings. The summed E-state index contributed by atoms with van der Waals surface area (Å²) in [5.41, 5.74) is 19.0. The molecule has 1 saturated carbocycles. The molecule has 4 nitrogen and oxygen atoms in total. The number of rotatable bonds is 9. The Bertz CT molecular complexity index is 4060. The van der Waals surface area contributed by atoms with Gasteiger partial charge in [0.1, 0.15) is 17.6 Å². The van der Waals surface area contributed by atoms with E-state index in [0.29, 0.717) is 17.8 Å². The first-order valence-corrected chi connectivity index (χ1v) is 26.9. The van der Waals surface area contributed by atoms with Crippen molar-refractivity contribution in [1.82, 2.24) is 0 Å². The second-order valence-electron chi connectivity index (χ2n) is 22.0. The summed E-state index contributed by atoms with van der Waals surface area (Å²) in [6.07, 6.45) is 10.8. The molecule has 4 heteroatoms. The molecular weight excluding hydrogens is 913 g/mol. The van der Waals surface area contributed by atoms with E-state index >= 15 is 0 Å². The van der Waals surface area contributed by atoms with Crippen LogP contribution in [-0.2, 0) is 0 Å². The maximum Gasteiger partial charge on any atom is 0.147 e. The summed E-state index contributed by atoms with van der Waals surface area (Å²) in [7, 11) is 0. The summed E-state index contributed by atoms with van der Waals surface area (Å²) in [6.45, 7) is 13.4. The summed E-state index contributed by atoms with van der Waals surface area (Å²) in [4.78, 5) is 4.84. The van der Waals surface area contributed by atoms with Crippen LogP contribution in [0.25, 0.3) is 54.6 Å². The summed E-state index contributed by atoms with van der Waals surface area (Å²) < 4.78 is 7.43. The van der Waals surface area contributed by atoms with E-state index in [1.165, 1.54) is 66.0 Å². The van der Waals surface area contributed by atoms with Crippen LogP contribution in [0, 0.1) is 45.4 Å². The van der Waals surface area contributed by atoms with Gasteiger partial charge in [-0.05, 0) is 167 Å². The van der Waals surface area contributed by atoms with Crippen LogP contribution in [0.5, 0.6) is 11.5 Å². The standard InChI is InChI=1S/C71H60N2O2/c1-41-27-28-44(4)65(37-41)72(63-25-13-21-53(69(63)74)50-18-11-17-49(39-50)51-19-9-7-15-42(51)2)61-35-31-47-30-34-58-62(36-32-48-29-33-57(61)67(47)68(48)58)73(66-40-60-46(6)59(60)38-45(66)5)64-26-14-24-56-55-23-12-22-54(70(55)75-71(56)64)52-20-10-8-16-43(52)3/h7-21,23-40,46,54-55,59-60,70,74H,22H2,1-6H3. The summed E-state index contributed by atoms with van der Waals surface area (Å²) >= 11 is 0. The lowest BCUT2D eigenvalue weighted by atomic mass is 9.77. The number of ether oxygens (including phenoxy) is 1. The Kier molecular flexibility index (Phi) is 10.5. The van der Waals surface area contributed by atoms with Gasteiger partial charge < -0.3 is 19.6 Å². The summed E-state index contributed by atoms with van der Waals surface area (Å²) in [5, 5.41) is 19.9. The van der Waals surface area contributed by atoms with Crippen molar-refractivity contribution >= 4 is 60.8 Å². The Morgan fingerprint density at radius 1 is 0.507 bits per heavy atom. The molecule has 75 heavy (non-hydrogen) atoms. The van der Waals surface area contributed by atoms with Gasteiger partial charge >= 0.3 is 0 Å². The molecule has 1 aliphatic heterocycles. The highest BCUT2D eigenvalue weighted by Gasteiger charge is 2.48. The van der Waals surface area contributed by atoms with Crippen molar-refractivity contribution in [3.63, 3.8) is 0 Å². The molecule has 6 atom stereocenters. The lowest BCUT2D eigenvalue weighted by molar-refractivity contribution is 0.179. The highest BCUT2D eigenvalue weighted by Crippen LogP contribution is 2.58. The van der Waals surface area contributed by atoms with E-state index in [1.807, 2.05) is 6.07 Å². The van der Waals surface area contributed by atoms with Gasteiger partial charge in [-0.3, -0.25) is 0 Å². The van der Waals surface area contributed by atoms with Gasteiger partial charge in [0.2, 0.25) is 0 Å². The highest BCUT2D eigenvalue weighted by atomic mass is 16.5. The predicted octanol–water partition coefficient (Wildman–Crippen LogP) is 18.8. The lowest BCUT2D eigenvalue weighted by Crippen LogP contribution is -2.29. The monoisotopic (exact) mass is 972 g/mol. The fraction of sp³-hybridized carbons (Fsp3) is 0.183. The molecule has 6 unspecified atom stereocenters. The van der Waals surface area contributed by atoms with Crippen LogP contribution in [-0.4, -0.2) is 11.2 Å². The molecule has 0 aromatic heterocycles. The first-order valence-electron chi connectivity index (χ1n) is 26.9. The van der Waals surface area contributed by atoms with Crippen molar-refractivity contribution in [1.29, 1.82) is 0 Å². The zero-order chi connectivity index (χ0) is 50.8. The molecule has 14 rings (SSSR count). The molecular formula is C71H60N2O2. The average molecular weight is 973 g/mol. The van der Waals surface area contributed by atoms with E-state index in [9.17, 15) is 5.11 Å². The van der Waals surface area contributed by atoms with E-state index in [2.05, 4.69) is 246 Å². The number of para-hydroxylation sites is 2. The van der Waals surface area contributed by atoms with Crippen molar-refractivity contribution in [3.8, 4) is 33.8 Å². The third kappa shape index (κ3) is 7.17. The Balaban J connectivity index is 0.956. The van der Waals surface area contributed by atoms with Crippen LogP contribution in [0.1, 0.15) is 65.5 Å². The molecule has 0 amide bonds. The third-order valence-corrected chi connectivity index (χ3v) is 17.5. The fourth-order valence-corrected chi connectivity index (χ4v) is 13.4. The Hall–Kier alpha value is -8.34. The minimum absolute atomic E-state index is 0.00233. The SMILES string of the molecule is CC1=CC2C(C)C2C=C1N(c1cccc2c1OC1C2C=CCC1c1ccccc1C)c1ccc2ccc3c(N(c4cc(C)ccc4C)c4cccc(-c5cccc(-c6ccccc6C)c5)c4O)ccc4ccc1c2c43. The fourth-order valence-electron chi connectivity index (χ4n) is 13.4. The molecule has 10 aromatic carbocycles. The second-order valence-corrected chi connectivity index (χ2v) is 22.0. The molecule has 3 aliphatic carbocycles. The van der Waals surface area contributed by atoms with Crippen molar-refractivity contribution in [2.75, 3.05) is 9.80 Å². The number of aromatic hydroxyl groups is 1. The quantitative estimate of drug-likeness (QED) is 0.115. The normalized spacial score (nSPS) is 20.3. The molecule has 0 radical (unpaired) electrons. The Labute approximate surface area is 440 Å². The first-order chi connectivity index (χ1) is 36.6. The van der Waals surface area contributed by atoms with E-state index in [1.54, 1.807) is 0 Å². The Morgan fingerprint density at radius 2 is 1.13 bits per heavy atom. The minimum Gasteiger partial charge on any atom is -0.505 e. The highest BCUT2D eigenvalue weighted by molar-refractivity contribution is 6.28. The van der Waals surface area contributed by atoms with Crippen LogP contribution in [0.2, 0.25) is 0 Å². The smallest absolute Gasteiger partial charge is 0.147 e.